The van der Waals surface area contributed by atoms with Crippen LogP contribution in [0.4, 0.5) is 58.4 Å². The molecule has 0 atom stereocenters. The summed E-state index contributed by atoms with van der Waals surface area (Å²) in [7, 11) is 0. The molecule has 2 saturated carbocycles. The summed E-state index contributed by atoms with van der Waals surface area (Å²) in [4.78, 5) is 36.9. The Labute approximate surface area is 474 Å². The van der Waals surface area contributed by atoms with Crippen molar-refractivity contribution in [2.45, 2.75) is 69.9 Å². The molecule has 410 valence electrons. The minimum absolute atomic E-state index is 0.489. The van der Waals surface area contributed by atoms with Crippen molar-refractivity contribution >= 4 is 102 Å². The number of hydrogen-bond acceptors (Lipinski definition) is 18. The Balaban J connectivity index is 0.000000146. The van der Waals surface area contributed by atoms with E-state index in [1.165, 1.54) is 36.8 Å². The van der Waals surface area contributed by atoms with Gasteiger partial charge < -0.3 is 31.9 Å². The molecule has 83 heavy (non-hydrogen) atoms. The largest absolute Gasteiger partial charge is 0.331 e. The van der Waals surface area contributed by atoms with Crippen molar-refractivity contribution in [3.8, 4) is 0 Å². The van der Waals surface area contributed by atoms with E-state index in [9.17, 15) is 0 Å². The molecule has 0 amide bonds. The number of anilines is 10. The van der Waals surface area contributed by atoms with Crippen molar-refractivity contribution in [2.75, 3.05) is 31.9 Å². The highest BCUT2D eigenvalue weighted by Gasteiger charge is 2.39. The van der Waals surface area contributed by atoms with Gasteiger partial charge in [0.15, 0.2) is 23.3 Å². The van der Waals surface area contributed by atoms with Gasteiger partial charge in [0.2, 0.25) is 11.9 Å². The lowest BCUT2D eigenvalue weighted by Gasteiger charge is -2.32. The number of aromatic amines is 4. The molecule has 3 aliphatic rings. The van der Waals surface area contributed by atoms with Crippen LogP contribution < -0.4 is 31.9 Å². The summed E-state index contributed by atoms with van der Waals surface area (Å²) in [5, 5.41) is 53.9. The number of fused-ring (bicyclic) bond motifs is 5. The summed E-state index contributed by atoms with van der Waals surface area (Å²) in [6.45, 7) is 3.91. The fourth-order valence-corrected chi connectivity index (χ4v) is 10.4. The Kier molecular flexibility index (Phi) is 13.1. The highest BCUT2D eigenvalue weighted by molar-refractivity contribution is 5.94. The van der Waals surface area contributed by atoms with Crippen LogP contribution in [-0.4, -0.2) is 86.3 Å². The van der Waals surface area contributed by atoms with E-state index in [0.29, 0.717) is 48.2 Å². The van der Waals surface area contributed by atoms with Gasteiger partial charge >= 0.3 is 0 Å². The predicted octanol–water partition coefficient (Wildman–Crippen LogP) is 12.1. The van der Waals surface area contributed by atoms with Crippen LogP contribution in [0.3, 0.4) is 0 Å². The summed E-state index contributed by atoms with van der Waals surface area (Å²) in [5.74, 6) is 8.02. The topological polar surface area (TPSA) is 290 Å². The molecule has 13 aromatic rings. The average Bonchev–Trinajstić information content (AvgIpc) is 4.45. The molecule has 8 heterocycles. The third-order valence-corrected chi connectivity index (χ3v) is 14.7. The van der Waals surface area contributed by atoms with E-state index in [4.69, 9.17) is 19.9 Å². The van der Waals surface area contributed by atoms with E-state index < -0.39 is 5.66 Å². The summed E-state index contributed by atoms with van der Waals surface area (Å²) in [5.41, 5.74) is 9.58. The first kappa shape index (κ1) is 50.3. The van der Waals surface area contributed by atoms with E-state index >= 15 is 0 Å². The molecule has 0 spiro atoms. The quantitative estimate of drug-likeness (QED) is 0.0453. The van der Waals surface area contributed by atoms with Crippen molar-refractivity contribution in [1.82, 2.24) is 80.7 Å². The van der Waals surface area contributed by atoms with Crippen LogP contribution in [0.5, 0.6) is 0 Å². The maximum atomic E-state index is 5.03. The highest BCUT2D eigenvalue weighted by atomic mass is 15.3. The average molecular weight is 1100 g/mol. The molecule has 3 aliphatic carbocycles. The summed E-state index contributed by atoms with van der Waals surface area (Å²) in [6.07, 6.45) is 9.25. The van der Waals surface area contributed by atoms with Crippen molar-refractivity contribution in [1.29, 1.82) is 0 Å². The van der Waals surface area contributed by atoms with Crippen LogP contribution >= 0.6 is 0 Å². The van der Waals surface area contributed by atoms with Crippen molar-refractivity contribution in [2.24, 2.45) is 0 Å². The Morgan fingerprint density at radius 1 is 0.386 bits per heavy atom. The molecule has 5 aromatic carbocycles. The third-order valence-electron chi connectivity index (χ3n) is 14.7. The van der Waals surface area contributed by atoms with Gasteiger partial charge in [-0.15, -0.1) is 0 Å². The molecule has 0 saturated heterocycles. The maximum absolute atomic E-state index is 5.03. The van der Waals surface area contributed by atoms with Crippen LogP contribution in [-0.2, 0) is 12.8 Å². The molecule has 10 N–H and O–H groups in total. The fourth-order valence-electron chi connectivity index (χ4n) is 10.4. The Morgan fingerprint density at radius 3 is 1.16 bits per heavy atom. The van der Waals surface area contributed by atoms with Gasteiger partial charge in [0, 0.05) is 93.3 Å². The van der Waals surface area contributed by atoms with E-state index in [-0.39, 0.29) is 0 Å². The molecular weight excluding hydrogens is 1040 g/mol. The second-order valence-electron chi connectivity index (χ2n) is 21.1. The van der Waals surface area contributed by atoms with Crippen LogP contribution in [0.15, 0.2) is 158 Å². The normalized spacial score (nSPS) is 14.1. The van der Waals surface area contributed by atoms with Gasteiger partial charge in [-0.1, -0.05) is 72.8 Å². The maximum Gasteiger partial charge on any atom is 0.227 e. The number of rotatable bonds is 14. The van der Waals surface area contributed by atoms with Gasteiger partial charge in [-0.05, 0) is 99.2 Å². The number of nitrogens with zero attached hydrogens (tertiary/aromatic N) is 12. The molecule has 8 aromatic heterocycles. The Bertz CT molecular complexity index is 4170. The highest BCUT2D eigenvalue weighted by Crippen LogP contribution is 2.42. The zero-order valence-electron chi connectivity index (χ0n) is 45.3. The minimum Gasteiger partial charge on any atom is -0.331 e. The van der Waals surface area contributed by atoms with E-state index in [0.717, 1.165) is 101 Å². The third kappa shape index (κ3) is 11.2. The molecule has 0 bridgehead atoms. The van der Waals surface area contributed by atoms with E-state index in [2.05, 4.69) is 129 Å². The first-order chi connectivity index (χ1) is 40.8. The number of aryl methyl sites for hydroxylation is 2. The lowest BCUT2D eigenvalue weighted by atomic mass is 10.1. The lowest BCUT2D eigenvalue weighted by molar-refractivity contribution is 0.552. The van der Waals surface area contributed by atoms with E-state index in [1.54, 1.807) is 12.7 Å². The number of nitrogens with one attached hydrogen (secondary N) is 10. The first-order valence-electron chi connectivity index (χ1n) is 27.6. The Morgan fingerprint density at radius 2 is 0.747 bits per heavy atom. The molecule has 2 fully saturated rings. The van der Waals surface area contributed by atoms with Gasteiger partial charge in [0.05, 0.1) is 22.1 Å². The molecule has 16 rings (SSSR count). The number of benzene rings is 5. The number of para-hydroxylation sites is 4. The SMILES string of the molecule is Cc1cc(Nc2ncnc3ccccc23)n[nH]1.Cc1cc(Nc2ncnc3ccccc23)n[nH]1.c1ccc2c(c1)CC(Nc1nc(Nc3cc(C4CC4)[nH]n3)c3ccccc3n1)(Nc1nc(Nc3cc(C4CC4)[nH]n3)c3ccccc3n1)C2. The van der Waals surface area contributed by atoms with Crippen LogP contribution in [0.25, 0.3) is 43.6 Å². The zero-order chi connectivity index (χ0) is 55.7. The molecule has 0 unspecified atom stereocenters. The number of hydrogen-bond donors (Lipinski definition) is 10. The van der Waals surface area contributed by atoms with Gasteiger partial charge in [0.25, 0.3) is 0 Å². The smallest absolute Gasteiger partial charge is 0.227 e. The molecule has 0 aliphatic heterocycles. The summed E-state index contributed by atoms with van der Waals surface area (Å²) < 4.78 is 0. The monoisotopic (exact) mass is 1100 g/mol. The standard InChI is InChI=1S/C37H34N12.2C12H11N5/c1-2-8-24-20-37(19-23(24)7-1,44-35-38-27-11-5-3-9-25(27)33(42-35)40-31-17-29(46-48-31)21-13-14-21)45-36-39-28-12-6-4-10-26(28)34(43-36)41-32-18-30(47-49-32)22-15-16-22;2*1-8-6-11(17-16-8)15-12-9-4-2-3-5-10(9)13-7-14-12/h1-12,17-18,21-22H,13-16,19-20H2,(H3,38,40,42,44,46,48)(H3,39,41,43,45,47,49);2*2-7H,1H3,(H2,13,14,15,16,17). The molecule has 22 nitrogen and oxygen atoms in total. The second-order valence-corrected chi connectivity index (χ2v) is 21.1. The fraction of sp³-hybridized carbons (Fsp3) is 0.180. The lowest BCUT2D eigenvalue weighted by Crippen LogP contribution is -2.48. The first-order valence-corrected chi connectivity index (χ1v) is 27.6. The van der Waals surface area contributed by atoms with Crippen LogP contribution in [0, 0.1) is 13.8 Å². The minimum atomic E-state index is -0.708. The van der Waals surface area contributed by atoms with E-state index in [1.807, 2.05) is 123 Å². The number of aromatic nitrogens is 16. The van der Waals surface area contributed by atoms with Crippen LogP contribution in [0.2, 0.25) is 0 Å². The second kappa shape index (κ2) is 21.6. The van der Waals surface area contributed by atoms with Gasteiger partial charge in [-0.25, -0.2) is 29.9 Å². The number of H-pyrrole nitrogens is 4. The van der Waals surface area contributed by atoms with Crippen LogP contribution in [0.1, 0.15) is 71.4 Å². The summed E-state index contributed by atoms with van der Waals surface area (Å²) in [6, 6.07) is 48.3. The predicted molar refractivity (Wildman–Crippen MR) is 323 cm³/mol. The van der Waals surface area contributed by atoms with Crippen molar-refractivity contribution in [3.05, 3.63) is 192 Å². The van der Waals surface area contributed by atoms with Gasteiger partial charge in [-0.2, -0.15) is 30.4 Å². The zero-order valence-corrected chi connectivity index (χ0v) is 45.3. The van der Waals surface area contributed by atoms with Gasteiger partial charge in [-0.3, -0.25) is 20.4 Å². The van der Waals surface area contributed by atoms with Crippen molar-refractivity contribution in [3.63, 3.8) is 0 Å². The Hall–Kier alpha value is -10.9. The summed E-state index contributed by atoms with van der Waals surface area (Å²) >= 11 is 0. The molecule has 22 heteroatoms. The molecular formula is C61H56N22. The van der Waals surface area contributed by atoms with Crippen molar-refractivity contribution < 1.29 is 0 Å². The molecule has 0 radical (unpaired) electrons. The van der Waals surface area contributed by atoms with Gasteiger partial charge in [0.1, 0.15) is 41.6 Å².